The van der Waals surface area contributed by atoms with Crippen LogP contribution in [0.15, 0.2) is 0 Å². The van der Waals surface area contributed by atoms with Crippen molar-refractivity contribution in [3.63, 3.8) is 0 Å². The molecule has 0 aromatic carbocycles. The first kappa shape index (κ1) is 11.5. The number of carbonyl (C=O) groups excluding carboxylic acids is 1. The Morgan fingerprint density at radius 2 is 2.14 bits per heavy atom. The van der Waals surface area contributed by atoms with E-state index >= 15 is 0 Å². The molecule has 0 aromatic rings. The van der Waals surface area contributed by atoms with Crippen LogP contribution in [0, 0.1) is 5.41 Å². The fraction of sp³-hybridized carbons (Fsp3) is 0.909. The minimum absolute atomic E-state index is 0.0617. The second kappa shape index (κ2) is 4.30. The van der Waals surface area contributed by atoms with Crippen molar-refractivity contribution in [3.05, 3.63) is 0 Å². The van der Waals surface area contributed by atoms with E-state index in [0.29, 0.717) is 11.5 Å². The fourth-order valence-corrected chi connectivity index (χ4v) is 1.53. The number of rotatable bonds is 5. The minimum Gasteiger partial charge on any atom is -0.355 e. The first-order valence-electron chi connectivity index (χ1n) is 5.51. The summed E-state index contributed by atoms with van der Waals surface area (Å²) < 4.78 is 0. The quantitative estimate of drug-likeness (QED) is 0.699. The van der Waals surface area contributed by atoms with Crippen LogP contribution in [0.25, 0.3) is 0 Å². The van der Waals surface area contributed by atoms with Crippen LogP contribution in [0.3, 0.4) is 0 Å². The SMILES string of the molecule is CCCNC(=O)C(C)NC1CC1(C)C. The number of carbonyl (C=O) groups is 1. The van der Waals surface area contributed by atoms with Crippen LogP contribution in [0.4, 0.5) is 0 Å². The molecule has 1 saturated carbocycles. The van der Waals surface area contributed by atoms with Gasteiger partial charge in [0, 0.05) is 12.6 Å². The van der Waals surface area contributed by atoms with E-state index < -0.39 is 0 Å². The van der Waals surface area contributed by atoms with Crippen LogP contribution in [0.5, 0.6) is 0 Å². The highest BCUT2D eigenvalue weighted by Crippen LogP contribution is 2.44. The third kappa shape index (κ3) is 2.98. The molecule has 1 aliphatic rings. The Morgan fingerprint density at radius 1 is 1.57 bits per heavy atom. The zero-order valence-corrected chi connectivity index (χ0v) is 9.68. The van der Waals surface area contributed by atoms with E-state index in [1.54, 1.807) is 0 Å². The number of hydrogen-bond donors (Lipinski definition) is 2. The van der Waals surface area contributed by atoms with Crippen LogP contribution in [-0.2, 0) is 4.79 Å². The molecule has 0 bridgehead atoms. The molecule has 0 saturated heterocycles. The molecule has 0 aliphatic heterocycles. The van der Waals surface area contributed by atoms with E-state index in [-0.39, 0.29) is 11.9 Å². The number of amides is 1. The first-order chi connectivity index (χ1) is 6.47. The molecule has 2 unspecified atom stereocenters. The van der Waals surface area contributed by atoms with Gasteiger partial charge in [-0.2, -0.15) is 0 Å². The monoisotopic (exact) mass is 198 g/mol. The van der Waals surface area contributed by atoms with Gasteiger partial charge in [-0.3, -0.25) is 4.79 Å². The normalized spacial score (nSPS) is 25.6. The lowest BCUT2D eigenvalue weighted by Crippen LogP contribution is -2.44. The van der Waals surface area contributed by atoms with Gasteiger partial charge >= 0.3 is 0 Å². The fourth-order valence-electron chi connectivity index (χ4n) is 1.53. The number of nitrogens with one attached hydrogen (secondary N) is 2. The zero-order chi connectivity index (χ0) is 10.8. The maximum Gasteiger partial charge on any atom is 0.236 e. The summed E-state index contributed by atoms with van der Waals surface area (Å²) in [5.74, 6) is 0.120. The van der Waals surface area contributed by atoms with Gasteiger partial charge in [0.25, 0.3) is 0 Å². The lowest BCUT2D eigenvalue weighted by molar-refractivity contribution is -0.122. The summed E-state index contributed by atoms with van der Waals surface area (Å²) in [6.45, 7) is 9.21. The standard InChI is InChI=1S/C11H22N2O/c1-5-6-12-10(14)8(2)13-9-7-11(9,3)4/h8-9,13H,5-7H2,1-4H3,(H,12,14). The van der Waals surface area contributed by atoms with Crippen molar-refractivity contribution in [1.29, 1.82) is 0 Å². The van der Waals surface area contributed by atoms with Crippen molar-refractivity contribution in [1.82, 2.24) is 10.6 Å². The molecule has 2 atom stereocenters. The largest absolute Gasteiger partial charge is 0.355 e. The van der Waals surface area contributed by atoms with Gasteiger partial charge < -0.3 is 10.6 Å². The summed E-state index contributed by atoms with van der Waals surface area (Å²) in [6, 6.07) is 0.457. The summed E-state index contributed by atoms with van der Waals surface area (Å²) in [6.07, 6.45) is 2.17. The highest BCUT2D eigenvalue weighted by atomic mass is 16.2. The van der Waals surface area contributed by atoms with Gasteiger partial charge in [-0.05, 0) is 25.2 Å². The van der Waals surface area contributed by atoms with Gasteiger partial charge in [-0.25, -0.2) is 0 Å². The van der Waals surface area contributed by atoms with Gasteiger partial charge in [0.05, 0.1) is 6.04 Å². The summed E-state index contributed by atoms with van der Waals surface area (Å²) in [5.41, 5.74) is 0.388. The predicted molar refractivity (Wildman–Crippen MR) is 58.1 cm³/mol. The Labute approximate surface area is 86.6 Å². The van der Waals surface area contributed by atoms with Crippen LogP contribution in [0.1, 0.15) is 40.5 Å². The van der Waals surface area contributed by atoms with Crippen LogP contribution < -0.4 is 10.6 Å². The first-order valence-corrected chi connectivity index (χ1v) is 5.51. The molecule has 1 aliphatic carbocycles. The van der Waals surface area contributed by atoms with Crippen molar-refractivity contribution in [2.24, 2.45) is 5.41 Å². The van der Waals surface area contributed by atoms with Crippen molar-refractivity contribution < 1.29 is 4.79 Å². The molecule has 1 fully saturated rings. The summed E-state index contributed by atoms with van der Waals surface area (Å²) in [4.78, 5) is 11.5. The van der Waals surface area contributed by atoms with E-state index in [2.05, 4.69) is 31.4 Å². The molecule has 14 heavy (non-hydrogen) atoms. The molecule has 3 heteroatoms. The Morgan fingerprint density at radius 3 is 2.57 bits per heavy atom. The highest BCUT2D eigenvalue weighted by molar-refractivity contribution is 5.81. The van der Waals surface area contributed by atoms with E-state index in [9.17, 15) is 4.79 Å². The van der Waals surface area contributed by atoms with Crippen LogP contribution >= 0.6 is 0 Å². The van der Waals surface area contributed by atoms with E-state index in [4.69, 9.17) is 0 Å². The lowest BCUT2D eigenvalue weighted by atomic mass is 10.2. The van der Waals surface area contributed by atoms with E-state index in [0.717, 1.165) is 13.0 Å². The van der Waals surface area contributed by atoms with Crippen molar-refractivity contribution >= 4 is 5.91 Å². The van der Waals surface area contributed by atoms with Crippen LogP contribution in [-0.4, -0.2) is 24.5 Å². The average molecular weight is 198 g/mol. The molecule has 0 heterocycles. The smallest absolute Gasteiger partial charge is 0.236 e. The van der Waals surface area contributed by atoms with Gasteiger partial charge in [-0.1, -0.05) is 20.8 Å². The zero-order valence-electron chi connectivity index (χ0n) is 9.68. The predicted octanol–water partition coefficient (Wildman–Crippen LogP) is 1.29. The average Bonchev–Trinajstić information content (AvgIpc) is 2.69. The van der Waals surface area contributed by atoms with Gasteiger partial charge in [0.15, 0.2) is 0 Å². The van der Waals surface area contributed by atoms with Crippen LogP contribution in [0.2, 0.25) is 0 Å². The second-order valence-corrected chi connectivity index (χ2v) is 4.92. The molecule has 82 valence electrons. The summed E-state index contributed by atoms with van der Waals surface area (Å²) in [5, 5.41) is 6.23. The topological polar surface area (TPSA) is 41.1 Å². The molecule has 2 N–H and O–H groups in total. The molecule has 0 spiro atoms. The summed E-state index contributed by atoms with van der Waals surface area (Å²) in [7, 11) is 0. The Balaban J connectivity index is 2.21. The van der Waals surface area contributed by atoms with E-state index in [1.807, 2.05) is 6.92 Å². The van der Waals surface area contributed by atoms with Gasteiger partial charge in [0.1, 0.15) is 0 Å². The Bertz CT molecular complexity index is 213. The third-order valence-corrected chi connectivity index (χ3v) is 2.91. The van der Waals surface area contributed by atoms with Crippen molar-refractivity contribution in [2.45, 2.75) is 52.6 Å². The lowest BCUT2D eigenvalue weighted by Gasteiger charge is -2.14. The van der Waals surface area contributed by atoms with E-state index in [1.165, 1.54) is 6.42 Å². The molecule has 0 radical (unpaired) electrons. The van der Waals surface area contributed by atoms with Gasteiger partial charge in [0.2, 0.25) is 5.91 Å². The van der Waals surface area contributed by atoms with Crippen molar-refractivity contribution in [2.75, 3.05) is 6.54 Å². The molecular formula is C11H22N2O. The summed E-state index contributed by atoms with van der Waals surface area (Å²) >= 11 is 0. The minimum atomic E-state index is -0.0617. The molecule has 3 nitrogen and oxygen atoms in total. The molecule has 1 amide bonds. The maximum atomic E-state index is 11.5. The molecule has 0 aromatic heterocycles. The van der Waals surface area contributed by atoms with Gasteiger partial charge in [-0.15, -0.1) is 0 Å². The maximum absolute atomic E-state index is 11.5. The third-order valence-electron chi connectivity index (χ3n) is 2.91. The second-order valence-electron chi connectivity index (χ2n) is 4.92. The Hall–Kier alpha value is -0.570. The highest BCUT2D eigenvalue weighted by Gasteiger charge is 2.46. The molecular weight excluding hydrogens is 176 g/mol. The Kier molecular flexibility index (Phi) is 3.53. The molecule has 1 rings (SSSR count). The van der Waals surface area contributed by atoms with Crippen molar-refractivity contribution in [3.8, 4) is 0 Å². The number of hydrogen-bond acceptors (Lipinski definition) is 2.